The minimum atomic E-state index is -0.0557. The highest BCUT2D eigenvalue weighted by Crippen LogP contribution is 2.31. The van der Waals surface area contributed by atoms with Gasteiger partial charge in [0.15, 0.2) is 5.78 Å². The first kappa shape index (κ1) is 10.2. The standard InChI is InChI=1S/C15H13NO/c17-15(12-9-5-2-6-10-12)14-13(16-14)11-7-3-1-4-8-11/h1-10,13-14,16H/t13?,14-/m1/s1. The molecule has 1 aliphatic rings. The molecular formula is C15H13NO. The zero-order chi connectivity index (χ0) is 11.7. The van der Waals surface area contributed by atoms with Gasteiger partial charge in [-0.15, -0.1) is 0 Å². The van der Waals surface area contributed by atoms with Crippen LogP contribution in [0.5, 0.6) is 0 Å². The van der Waals surface area contributed by atoms with E-state index in [1.165, 1.54) is 5.56 Å². The van der Waals surface area contributed by atoms with E-state index in [0.29, 0.717) is 0 Å². The number of hydrogen-bond donors (Lipinski definition) is 1. The van der Waals surface area contributed by atoms with Crippen molar-refractivity contribution >= 4 is 5.78 Å². The van der Waals surface area contributed by atoms with Crippen LogP contribution in [0.3, 0.4) is 0 Å². The van der Waals surface area contributed by atoms with Crippen molar-refractivity contribution < 1.29 is 4.79 Å². The molecule has 0 radical (unpaired) electrons. The lowest BCUT2D eigenvalue weighted by Crippen LogP contribution is -2.09. The number of hydrogen-bond acceptors (Lipinski definition) is 2. The Labute approximate surface area is 100 Å². The molecule has 2 heteroatoms. The Morgan fingerprint density at radius 1 is 0.882 bits per heavy atom. The van der Waals surface area contributed by atoms with Gasteiger partial charge in [-0.25, -0.2) is 0 Å². The Kier molecular flexibility index (Phi) is 2.50. The van der Waals surface area contributed by atoms with Crippen molar-refractivity contribution in [1.82, 2.24) is 5.32 Å². The van der Waals surface area contributed by atoms with Crippen molar-refractivity contribution in [2.75, 3.05) is 0 Å². The third-order valence-electron chi connectivity index (χ3n) is 3.08. The number of rotatable bonds is 3. The van der Waals surface area contributed by atoms with Crippen molar-refractivity contribution in [2.24, 2.45) is 0 Å². The van der Waals surface area contributed by atoms with Crippen LogP contribution in [-0.2, 0) is 0 Å². The molecule has 3 rings (SSSR count). The third kappa shape index (κ3) is 1.99. The monoisotopic (exact) mass is 223 g/mol. The quantitative estimate of drug-likeness (QED) is 0.641. The lowest BCUT2D eigenvalue weighted by Gasteiger charge is -1.98. The lowest BCUT2D eigenvalue weighted by atomic mass is 10.0. The minimum absolute atomic E-state index is 0.0557. The number of carbonyl (C=O) groups excluding carboxylic acids is 1. The molecule has 84 valence electrons. The molecule has 0 amide bonds. The molecular weight excluding hydrogens is 210 g/mol. The Morgan fingerprint density at radius 2 is 1.47 bits per heavy atom. The van der Waals surface area contributed by atoms with Crippen molar-refractivity contribution in [3.05, 3.63) is 71.8 Å². The van der Waals surface area contributed by atoms with E-state index in [1.807, 2.05) is 48.5 Å². The smallest absolute Gasteiger partial charge is 0.181 e. The van der Waals surface area contributed by atoms with Crippen molar-refractivity contribution in [3.63, 3.8) is 0 Å². The van der Waals surface area contributed by atoms with Gasteiger partial charge in [-0.05, 0) is 5.56 Å². The van der Waals surface area contributed by atoms with Crippen LogP contribution in [0, 0.1) is 0 Å². The molecule has 0 bridgehead atoms. The van der Waals surface area contributed by atoms with Crippen molar-refractivity contribution in [1.29, 1.82) is 0 Å². The highest BCUT2D eigenvalue weighted by atomic mass is 16.1. The Balaban J connectivity index is 1.76. The summed E-state index contributed by atoms with van der Waals surface area (Å²) in [4.78, 5) is 12.1. The second-order valence-corrected chi connectivity index (χ2v) is 4.26. The molecule has 1 heterocycles. The van der Waals surface area contributed by atoms with Gasteiger partial charge in [-0.3, -0.25) is 10.1 Å². The Hall–Kier alpha value is -1.93. The predicted octanol–water partition coefficient (Wildman–Crippen LogP) is 2.58. The molecule has 1 aliphatic heterocycles. The van der Waals surface area contributed by atoms with Gasteiger partial charge in [0.25, 0.3) is 0 Å². The van der Waals surface area contributed by atoms with Crippen LogP contribution in [0.1, 0.15) is 22.0 Å². The SMILES string of the molecule is O=C(c1ccccc1)[C@@H]1NC1c1ccccc1. The van der Waals surface area contributed by atoms with Gasteiger partial charge in [-0.2, -0.15) is 0 Å². The molecule has 2 atom stereocenters. The minimum Gasteiger partial charge on any atom is -0.297 e. The van der Waals surface area contributed by atoms with Gasteiger partial charge < -0.3 is 0 Å². The van der Waals surface area contributed by atoms with Crippen LogP contribution >= 0.6 is 0 Å². The van der Waals surface area contributed by atoms with Crippen LogP contribution in [0.15, 0.2) is 60.7 Å². The molecule has 0 saturated carbocycles. The fourth-order valence-corrected chi connectivity index (χ4v) is 2.10. The van der Waals surface area contributed by atoms with Gasteiger partial charge in [-0.1, -0.05) is 60.7 Å². The number of nitrogens with one attached hydrogen (secondary N) is 1. The summed E-state index contributed by atoms with van der Waals surface area (Å²) in [5.74, 6) is 0.180. The summed E-state index contributed by atoms with van der Waals surface area (Å²) in [6.07, 6.45) is 0. The van der Waals surface area contributed by atoms with E-state index >= 15 is 0 Å². The molecule has 0 aromatic heterocycles. The van der Waals surface area contributed by atoms with E-state index in [2.05, 4.69) is 17.4 Å². The van der Waals surface area contributed by atoms with Crippen LogP contribution in [-0.4, -0.2) is 11.8 Å². The van der Waals surface area contributed by atoms with Crippen molar-refractivity contribution in [2.45, 2.75) is 12.1 Å². The van der Waals surface area contributed by atoms with Gasteiger partial charge in [0.05, 0.1) is 12.1 Å². The van der Waals surface area contributed by atoms with E-state index in [0.717, 1.165) is 5.56 Å². The maximum absolute atomic E-state index is 12.1. The average Bonchev–Trinajstić information content (AvgIpc) is 3.20. The number of Topliss-reactive ketones (excluding diaryl/α,β-unsaturated/α-hetero) is 1. The highest BCUT2D eigenvalue weighted by molar-refractivity contribution is 6.02. The largest absolute Gasteiger partial charge is 0.297 e. The van der Waals surface area contributed by atoms with E-state index in [1.54, 1.807) is 0 Å². The van der Waals surface area contributed by atoms with Gasteiger partial charge in [0, 0.05) is 5.56 Å². The maximum Gasteiger partial charge on any atom is 0.181 e. The summed E-state index contributed by atoms with van der Waals surface area (Å²) < 4.78 is 0. The first-order chi connectivity index (χ1) is 8.36. The molecule has 1 unspecified atom stereocenters. The lowest BCUT2D eigenvalue weighted by molar-refractivity contribution is 0.0988. The molecule has 17 heavy (non-hydrogen) atoms. The molecule has 1 saturated heterocycles. The zero-order valence-corrected chi connectivity index (χ0v) is 9.34. The molecule has 0 aliphatic carbocycles. The first-order valence-electron chi connectivity index (χ1n) is 5.76. The van der Waals surface area contributed by atoms with E-state index in [-0.39, 0.29) is 17.9 Å². The maximum atomic E-state index is 12.1. The predicted molar refractivity (Wildman–Crippen MR) is 66.9 cm³/mol. The summed E-state index contributed by atoms with van der Waals surface area (Å²) >= 11 is 0. The van der Waals surface area contributed by atoms with Gasteiger partial charge in [0.2, 0.25) is 0 Å². The van der Waals surface area contributed by atoms with Crippen LogP contribution in [0.4, 0.5) is 0 Å². The van der Waals surface area contributed by atoms with Crippen LogP contribution in [0.2, 0.25) is 0 Å². The zero-order valence-electron chi connectivity index (χ0n) is 9.34. The number of benzene rings is 2. The average molecular weight is 223 g/mol. The fourth-order valence-electron chi connectivity index (χ4n) is 2.10. The number of carbonyl (C=O) groups is 1. The summed E-state index contributed by atoms with van der Waals surface area (Å²) in [5.41, 5.74) is 1.96. The van der Waals surface area contributed by atoms with E-state index < -0.39 is 0 Å². The molecule has 1 fully saturated rings. The highest BCUT2D eigenvalue weighted by Gasteiger charge is 2.43. The third-order valence-corrected chi connectivity index (χ3v) is 3.08. The molecule has 2 nitrogen and oxygen atoms in total. The van der Waals surface area contributed by atoms with Gasteiger partial charge >= 0.3 is 0 Å². The van der Waals surface area contributed by atoms with Gasteiger partial charge in [0.1, 0.15) is 0 Å². The first-order valence-corrected chi connectivity index (χ1v) is 5.76. The van der Waals surface area contributed by atoms with Crippen LogP contribution in [0.25, 0.3) is 0 Å². The summed E-state index contributed by atoms with van der Waals surface area (Å²) in [6, 6.07) is 19.7. The Morgan fingerprint density at radius 3 is 2.12 bits per heavy atom. The van der Waals surface area contributed by atoms with Crippen molar-refractivity contribution in [3.8, 4) is 0 Å². The number of ketones is 1. The Bertz CT molecular complexity index is 521. The molecule has 0 spiro atoms. The fraction of sp³-hybridized carbons (Fsp3) is 0.133. The summed E-state index contributed by atoms with van der Waals surface area (Å²) in [5, 5.41) is 3.23. The van der Waals surface area contributed by atoms with Crippen LogP contribution < -0.4 is 5.32 Å². The summed E-state index contributed by atoms with van der Waals surface area (Å²) in [6.45, 7) is 0. The van der Waals surface area contributed by atoms with E-state index in [9.17, 15) is 4.79 Å². The normalized spacial score (nSPS) is 22.1. The second-order valence-electron chi connectivity index (χ2n) is 4.26. The summed E-state index contributed by atoms with van der Waals surface area (Å²) in [7, 11) is 0. The second kappa shape index (κ2) is 4.15. The molecule has 2 aromatic carbocycles. The molecule has 2 aromatic rings. The molecule has 1 N–H and O–H groups in total. The topological polar surface area (TPSA) is 39.0 Å². The van der Waals surface area contributed by atoms with E-state index in [4.69, 9.17) is 0 Å².